The molecule has 0 amide bonds. The molecule has 0 aromatic heterocycles. The van der Waals surface area contributed by atoms with Gasteiger partial charge in [0, 0.05) is 8.95 Å². The predicted molar refractivity (Wildman–Crippen MR) is 65.0 cm³/mol. The first-order valence-electron chi connectivity index (χ1n) is 4.10. The van der Waals surface area contributed by atoms with E-state index in [1.807, 2.05) is 36.4 Å². The second-order valence-corrected chi connectivity index (χ2v) is 4.67. The van der Waals surface area contributed by atoms with E-state index in [1.165, 1.54) is 0 Å². The van der Waals surface area contributed by atoms with Crippen LogP contribution in [0.5, 0.6) is 0 Å². The van der Waals surface area contributed by atoms with Gasteiger partial charge in [-0.1, -0.05) is 44.0 Å². The maximum atomic E-state index is 3.43. The van der Waals surface area contributed by atoms with Crippen molar-refractivity contribution in [3.05, 3.63) is 57.5 Å². The van der Waals surface area contributed by atoms with Gasteiger partial charge in [0.15, 0.2) is 0 Å². The SMILES string of the molecule is Brc1cc[c]c(-c2[c]ccc(Br)c2)c1. The zero-order chi connectivity index (χ0) is 9.97. The first-order chi connectivity index (χ1) is 6.75. The third-order valence-electron chi connectivity index (χ3n) is 1.82. The van der Waals surface area contributed by atoms with E-state index < -0.39 is 0 Å². The van der Waals surface area contributed by atoms with Crippen molar-refractivity contribution in [3.8, 4) is 11.1 Å². The Kier molecular flexibility index (Phi) is 3.04. The summed E-state index contributed by atoms with van der Waals surface area (Å²) >= 11 is 6.86. The highest BCUT2D eigenvalue weighted by Gasteiger charge is 1.98. The third kappa shape index (κ3) is 2.25. The number of hydrogen-bond donors (Lipinski definition) is 0. The minimum absolute atomic E-state index is 1.04. The van der Waals surface area contributed by atoms with Gasteiger partial charge in [0.2, 0.25) is 0 Å². The predicted octanol–water partition coefficient (Wildman–Crippen LogP) is 4.48. The lowest BCUT2D eigenvalue weighted by molar-refractivity contribution is 1.56. The molecule has 0 N–H and O–H groups in total. The van der Waals surface area contributed by atoms with Crippen molar-refractivity contribution in [2.24, 2.45) is 0 Å². The summed E-state index contributed by atoms with van der Waals surface area (Å²) in [5, 5.41) is 0. The highest BCUT2D eigenvalue weighted by atomic mass is 79.9. The molecule has 0 spiro atoms. The number of halogens is 2. The standard InChI is InChI=1S/C12H6Br2/c13-11-5-1-3-9(7-11)10-4-2-6-12(14)8-10/h1-2,5-8H. The van der Waals surface area contributed by atoms with E-state index in [1.54, 1.807) is 0 Å². The van der Waals surface area contributed by atoms with Crippen molar-refractivity contribution >= 4 is 31.9 Å². The van der Waals surface area contributed by atoms with Gasteiger partial charge < -0.3 is 0 Å². The molecule has 2 rings (SSSR count). The van der Waals surface area contributed by atoms with Crippen LogP contribution in [0.15, 0.2) is 45.3 Å². The van der Waals surface area contributed by atoms with Crippen molar-refractivity contribution in [1.29, 1.82) is 0 Å². The lowest BCUT2D eigenvalue weighted by Crippen LogP contribution is -1.78. The fourth-order valence-corrected chi connectivity index (χ4v) is 1.91. The van der Waals surface area contributed by atoms with E-state index >= 15 is 0 Å². The minimum Gasteiger partial charge on any atom is -0.0526 e. The molecule has 0 aliphatic carbocycles. The molecule has 0 aliphatic heterocycles. The summed E-state index contributed by atoms with van der Waals surface area (Å²) in [5.74, 6) is 0. The average molecular weight is 310 g/mol. The van der Waals surface area contributed by atoms with Gasteiger partial charge in [-0.05, 0) is 47.5 Å². The van der Waals surface area contributed by atoms with Crippen LogP contribution in [0.1, 0.15) is 0 Å². The van der Waals surface area contributed by atoms with Crippen LogP contribution in [-0.4, -0.2) is 0 Å². The summed E-state index contributed by atoms with van der Waals surface area (Å²) in [5.41, 5.74) is 2.08. The van der Waals surface area contributed by atoms with E-state index in [-0.39, 0.29) is 0 Å². The summed E-state index contributed by atoms with van der Waals surface area (Å²) < 4.78 is 2.11. The van der Waals surface area contributed by atoms with Crippen molar-refractivity contribution in [2.45, 2.75) is 0 Å². The minimum atomic E-state index is 1.04. The zero-order valence-electron chi connectivity index (χ0n) is 7.22. The van der Waals surface area contributed by atoms with Crippen molar-refractivity contribution in [3.63, 3.8) is 0 Å². The molecule has 2 radical (unpaired) electrons. The van der Waals surface area contributed by atoms with E-state index in [9.17, 15) is 0 Å². The first-order valence-corrected chi connectivity index (χ1v) is 5.69. The molecule has 2 aromatic rings. The van der Waals surface area contributed by atoms with Crippen LogP contribution in [0.25, 0.3) is 11.1 Å². The number of rotatable bonds is 1. The van der Waals surface area contributed by atoms with Crippen molar-refractivity contribution < 1.29 is 0 Å². The van der Waals surface area contributed by atoms with Crippen molar-refractivity contribution in [1.82, 2.24) is 0 Å². The van der Waals surface area contributed by atoms with E-state index in [2.05, 4.69) is 44.0 Å². The molecule has 0 aliphatic rings. The molecule has 0 fully saturated rings. The Balaban J connectivity index is 2.49. The van der Waals surface area contributed by atoms with Gasteiger partial charge >= 0.3 is 0 Å². The Morgan fingerprint density at radius 3 is 1.57 bits per heavy atom. The zero-order valence-corrected chi connectivity index (χ0v) is 10.4. The summed E-state index contributed by atoms with van der Waals surface area (Å²) in [6.07, 6.45) is 0. The van der Waals surface area contributed by atoms with Crippen LogP contribution in [-0.2, 0) is 0 Å². The fraction of sp³-hybridized carbons (Fsp3) is 0. The molecule has 0 unspecified atom stereocenters. The average Bonchev–Trinajstić information content (AvgIpc) is 2.18. The van der Waals surface area contributed by atoms with Crippen LogP contribution in [0.2, 0.25) is 0 Å². The molecule has 0 saturated heterocycles. The molecule has 2 heteroatoms. The van der Waals surface area contributed by atoms with Crippen LogP contribution < -0.4 is 0 Å². The Labute approximate surface area is 100 Å². The van der Waals surface area contributed by atoms with Gasteiger partial charge in [-0.25, -0.2) is 0 Å². The second-order valence-electron chi connectivity index (χ2n) is 2.84. The van der Waals surface area contributed by atoms with Gasteiger partial charge in [-0.15, -0.1) is 0 Å². The van der Waals surface area contributed by atoms with Gasteiger partial charge in [0.05, 0.1) is 0 Å². The summed E-state index contributed by atoms with van der Waals surface area (Å²) in [4.78, 5) is 0. The molecule has 2 aromatic carbocycles. The summed E-state index contributed by atoms with van der Waals surface area (Å²) in [6.45, 7) is 0. The monoisotopic (exact) mass is 308 g/mol. The topological polar surface area (TPSA) is 0 Å². The molecule has 0 bridgehead atoms. The summed E-state index contributed by atoms with van der Waals surface area (Å²) in [7, 11) is 0. The Bertz CT molecular complexity index is 406. The largest absolute Gasteiger partial charge is 0.0526 e. The fourth-order valence-electron chi connectivity index (χ4n) is 1.19. The molecular weight excluding hydrogens is 304 g/mol. The number of hydrogen-bond acceptors (Lipinski definition) is 0. The Morgan fingerprint density at radius 2 is 1.21 bits per heavy atom. The first kappa shape index (κ1) is 9.94. The lowest BCUT2D eigenvalue weighted by atomic mass is 10.1. The number of benzene rings is 2. The molecule has 0 atom stereocenters. The second kappa shape index (κ2) is 4.28. The van der Waals surface area contributed by atoms with Gasteiger partial charge in [0.25, 0.3) is 0 Å². The van der Waals surface area contributed by atoms with Crippen molar-refractivity contribution in [2.75, 3.05) is 0 Å². The summed E-state index contributed by atoms with van der Waals surface area (Å²) in [6, 6.07) is 18.1. The highest BCUT2D eigenvalue weighted by Crippen LogP contribution is 2.24. The highest BCUT2D eigenvalue weighted by molar-refractivity contribution is 9.10. The van der Waals surface area contributed by atoms with Crippen LogP contribution in [0.4, 0.5) is 0 Å². The van der Waals surface area contributed by atoms with E-state index in [0.717, 1.165) is 20.1 Å². The third-order valence-corrected chi connectivity index (χ3v) is 2.80. The van der Waals surface area contributed by atoms with Crippen LogP contribution >= 0.6 is 31.9 Å². The van der Waals surface area contributed by atoms with Crippen LogP contribution in [0.3, 0.4) is 0 Å². The van der Waals surface area contributed by atoms with Gasteiger partial charge in [0.1, 0.15) is 0 Å². The van der Waals surface area contributed by atoms with Crippen LogP contribution in [0, 0.1) is 12.1 Å². The molecule has 14 heavy (non-hydrogen) atoms. The Morgan fingerprint density at radius 1 is 0.786 bits per heavy atom. The van der Waals surface area contributed by atoms with Gasteiger partial charge in [-0.3, -0.25) is 0 Å². The van der Waals surface area contributed by atoms with Gasteiger partial charge in [-0.2, -0.15) is 0 Å². The normalized spacial score (nSPS) is 10.1. The molecule has 68 valence electrons. The molecule has 0 saturated carbocycles. The smallest absolute Gasteiger partial charge is 0.0181 e. The quantitative estimate of drug-likeness (QED) is 0.728. The lowest BCUT2D eigenvalue weighted by Gasteiger charge is -2.01. The van der Waals surface area contributed by atoms with E-state index in [4.69, 9.17) is 0 Å². The maximum Gasteiger partial charge on any atom is 0.0181 e. The molecule has 0 nitrogen and oxygen atoms in total. The molecule has 0 heterocycles. The molecular formula is C12H6Br2. The maximum absolute atomic E-state index is 3.43. The Hall–Kier alpha value is -0.600. The van der Waals surface area contributed by atoms with E-state index in [0.29, 0.717) is 0 Å².